The molecule has 1 aliphatic rings. The summed E-state index contributed by atoms with van der Waals surface area (Å²) in [7, 11) is 0. The average Bonchev–Trinajstić information content (AvgIpc) is 2.94. The molecule has 102 valence electrons. The Morgan fingerprint density at radius 1 is 1.53 bits per heavy atom. The van der Waals surface area contributed by atoms with Crippen molar-refractivity contribution >= 4 is 11.2 Å². The van der Waals surface area contributed by atoms with Gasteiger partial charge in [-0.15, -0.1) is 0 Å². The second-order valence-electron chi connectivity index (χ2n) is 4.37. The van der Waals surface area contributed by atoms with Crippen molar-refractivity contribution in [1.82, 2.24) is 19.5 Å². The molecule has 0 aliphatic carbocycles. The number of nitrogens with one attached hydrogen (secondary N) is 1. The van der Waals surface area contributed by atoms with Crippen molar-refractivity contribution < 1.29 is 14.9 Å². The standard InChI is InChI=1S/C10H13N5O4/c11-5-4(1-16)19-10(7(5)17)15-3-14-6-8(15)12-2-13-9(6)18/h2-5,7,10,16-17H,1,11H2,(H,12,13,18). The number of fused-ring (bicyclic) bond motifs is 1. The molecule has 0 saturated carbocycles. The summed E-state index contributed by atoms with van der Waals surface area (Å²) in [6, 6.07) is -0.713. The highest BCUT2D eigenvalue weighted by Gasteiger charge is 2.42. The number of H-pyrrole nitrogens is 1. The van der Waals surface area contributed by atoms with E-state index in [2.05, 4.69) is 15.0 Å². The third kappa shape index (κ3) is 1.75. The first kappa shape index (κ1) is 12.2. The molecule has 2 aromatic heterocycles. The highest BCUT2D eigenvalue weighted by atomic mass is 16.5. The molecule has 0 amide bonds. The lowest BCUT2D eigenvalue weighted by Crippen LogP contribution is -2.41. The molecular weight excluding hydrogens is 254 g/mol. The number of nitrogens with zero attached hydrogens (tertiary/aromatic N) is 3. The predicted octanol–water partition coefficient (Wildman–Crippen LogP) is -2.30. The minimum absolute atomic E-state index is 0.152. The van der Waals surface area contributed by atoms with Gasteiger partial charge in [0, 0.05) is 0 Å². The fourth-order valence-electron chi connectivity index (χ4n) is 2.20. The predicted molar refractivity (Wildman–Crippen MR) is 63.1 cm³/mol. The molecular formula is C10H13N5O4. The molecule has 9 heteroatoms. The summed E-state index contributed by atoms with van der Waals surface area (Å²) in [5.41, 5.74) is 5.81. The van der Waals surface area contributed by atoms with Gasteiger partial charge in [-0.3, -0.25) is 9.36 Å². The van der Waals surface area contributed by atoms with E-state index in [0.29, 0.717) is 5.65 Å². The molecule has 4 atom stereocenters. The summed E-state index contributed by atoms with van der Waals surface area (Å²) in [6.07, 6.45) is 0.0856. The Labute approximate surface area is 106 Å². The van der Waals surface area contributed by atoms with Crippen LogP contribution in [0, 0.1) is 0 Å². The summed E-state index contributed by atoms with van der Waals surface area (Å²) in [5, 5.41) is 19.2. The number of aromatic amines is 1. The maximum absolute atomic E-state index is 11.5. The van der Waals surface area contributed by atoms with E-state index >= 15 is 0 Å². The molecule has 9 nitrogen and oxygen atoms in total. The first-order chi connectivity index (χ1) is 9.13. The van der Waals surface area contributed by atoms with E-state index in [4.69, 9.17) is 15.6 Å². The van der Waals surface area contributed by atoms with E-state index in [1.165, 1.54) is 17.2 Å². The second kappa shape index (κ2) is 4.38. The monoisotopic (exact) mass is 267 g/mol. The van der Waals surface area contributed by atoms with E-state index < -0.39 is 24.5 Å². The van der Waals surface area contributed by atoms with Gasteiger partial charge < -0.3 is 25.7 Å². The highest BCUT2D eigenvalue weighted by molar-refractivity contribution is 5.68. The Hall–Kier alpha value is -1.81. The van der Waals surface area contributed by atoms with Gasteiger partial charge in [0.05, 0.1) is 25.3 Å². The highest BCUT2D eigenvalue weighted by Crippen LogP contribution is 2.29. The van der Waals surface area contributed by atoms with Crippen LogP contribution in [0.25, 0.3) is 11.2 Å². The largest absolute Gasteiger partial charge is 0.394 e. The van der Waals surface area contributed by atoms with Gasteiger partial charge in [-0.1, -0.05) is 0 Å². The van der Waals surface area contributed by atoms with Gasteiger partial charge in [0.15, 0.2) is 17.4 Å². The first-order valence-electron chi connectivity index (χ1n) is 5.73. The Bertz CT molecular complexity index is 653. The maximum atomic E-state index is 11.5. The topological polar surface area (TPSA) is 139 Å². The van der Waals surface area contributed by atoms with Gasteiger partial charge in [-0.2, -0.15) is 0 Å². The fourth-order valence-corrected chi connectivity index (χ4v) is 2.20. The Kier molecular flexibility index (Phi) is 2.82. The van der Waals surface area contributed by atoms with Crippen molar-refractivity contribution in [3.05, 3.63) is 23.0 Å². The fraction of sp³-hybridized carbons (Fsp3) is 0.500. The number of hydrogen-bond acceptors (Lipinski definition) is 7. The molecule has 3 heterocycles. The smallest absolute Gasteiger partial charge is 0.278 e. The Morgan fingerprint density at radius 2 is 2.32 bits per heavy atom. The van der Waals surface area contributed by atoms with Gasteiger partial charge in [-0.25, -0.2) is 9.97 Å². The third-order valence-electron chi connectivity index (χ3n) is 3.25. The van der Waals surface area contributed by atoms with Crippen LogP contribution in [0.1, 0.15) is 6.23 Å². The van der Waals surface area contributed by atoms with Crippen molar-refractivity contribution in [2.75, 3.05) is 6.61 Å². The summed E-state index contributed by atoms with van der Waals surface area (Å²) in [6.45, 7) is -0.296. The molecule has 1 aliphatic heterocycles. The average molecular weight is 267 g/mol. The van der Waals surface area contributed by atoms with Crippen LogP contribution >= 0.6 is 0 Å². The lowest BCUT2D eigenvalue weighted by atomic mass is 10.1. The molecule has 0 radical (unpaired) electrons. The molecule has 0 bridgehead atoms. The summed E-state index contributed by atoms with van der Waals surface area (Å²) in [4.78, 5) is 21.9. The summed E-state index contributed by atoms with van der Waals surface area (Å²) in [5.74, 6) is 0. The first-order valence-corrected chi connectivity index (χ1v) is 5.73. The van der Waals surface area contributed by atoms with Crippen LogP contribution in [0.3, 0.4) is 0 Å². The molecule has 0 aromatic carbocycles. The lowest BCUT2D eigenvalue weighted by Gasteiger charge is -2.16. The Balaban J connectivity index is 2.06. The van der Waals surface area contributed by atoms with E-state index in [0.717, 1.165) is 0 Å². The van der Waals surface area contributed by atoms with Crippen LogP contribution in [0.4, 0.5) is 0 Å². The normalized spacial score (nSPS) is 31.1. The van der Waals surface area contributed by atoms with Crippen molar-refractivity contribution in [1.29, 1.82) is 0 Å². The molecule has 1 saturated heterocycles. The maximum Gasteiger partial charge on any atom is 0.278 e. The number of aliphatic hydroxyl groups excluding tert-OH is 2. The van der Waals surface area contributed by atoms with Crippen LogP contribution in [0.15, 0.2) is 17.4 Å². The van der Waals surface area contributed by atoms with Crippen molar-refractivity contribution in [2.45, 2.75) is 24.5 Å². The third-order valence-corrected chi connectivity index (χ3v) is 3.25. The molecule has 1 fully saturated rings. The molecule has 5 N–H and O–H groups in total. The van der Waals surface area contributed by atoms with E-state index in [-0.39, 0.29) is 17.7 Å². The second-order valence-corrected chi connectivity index (χ2v) is 4.37. The zero-order chi connectivity index (χ0) is 13.6. The zero-order valence-corrected chi connectivity index (χ0v) is 9.80. The van der Waals surface area contributed by atoms with Gasteiger partial charge in [0.1, 0.15) is 12.2 Å². The van der Waals surface area contributed by atoms with Crippen LogP contribution in [0.2, 0.25) is 0 Å². The number of imidazole rings is 1. The number of nitrogens with two attached hydrogens (primary N) is 1. The van der Waals surface area contributed by atoms with Gasteiger partial charge in [-0.05, 0) is 0 Å². The van der Waals surface area contributed by atoms with E-state index in [1.54, 1.807) is 0 Å². The van der Waals surface area contributed by atoms with Crippen LogP contribution < -0.4 is 11.3 Å². The lowest BCUT2D eigenvalue weighted by molar-refractivity contribution is -0.0488. The number of aromatic nitrogens is 4. The molecule has 4 unspecified atom stereocenters. The van der Waals surface area contributed by atoms with Gasteiger partial charge in [0.2, 0.25) is 0 Å². The summed E-state index contributed by atoms with van der Waals surface area (Å²) >= 11 is 0. The van der Waals surface area contributed by atoms with Gasteiger partial charge >= 0.3 is 0 Å². The summed E-state index contributed by atoms with van der Waals surface area (Å²) < 4.78 is 6.91. The number of aliphatic hydroxyl groups is 2. The SMILES string of the molecule is NC1C(CO)OC(n2cnc3c(=O)[nH]cnc32)C1O. The van der Waals surface area contributed by atoms with Crippen LogP contribution in [-0.4, -0.2) is 54.6 Å². The zero-order valence-electron chi connectivity index (χ0n) is 9.80. The molecule has 3 rings (SSSR count). The minimum atomic E-state index is -1.02. The van der Waals surface area contributed by atoms with E-state index in [1.807, 2.05) is 0 Å². The van der Waals surface area contributed by atoms with Crippen molar-refractivity contribution in [2.24, 2.45) is 5.73 Å². The van der Waals surface area contributed by atoms with Gasteiger partial charge in [0.25, 0.3) is 5.56 Å². The molecule has 0 spiro atoms. The Morgan fingerprint density at radius 3 is 3.00 bits per heavy atom. The van der Waals surface area contributed by atoms with E-state index in [9.17, 15) is 9.90 Å². The van der Waals surface area contributed by atoms with Crippen LogP contribution in [-0.2, 0) is 4.74 Å². The van der Waals surface area contributed by atoms with Crippen molar-refractivity contribution in [3.8, 4) is 0 Å². The molecule has 2 aromatic rings. The molecule has 19 heavy (non-hydrogen) atoms. The number of ether oxygens (including phenoxy) is 1. The van der Waals surface area contributed by atoms with Crippen molar-refractivity contribution in [3.63, 3.8) is 0 Å². The number of rotatable bonds is 2. The van der Waals surface area contributed by atoms with Crippen LogP contribution in [0.5, 0.6) is 0 Å². The minimum Gasteiger partial charge on any atom is -0.394 e. The quantitative estimate of drug-likeness (QED) is 0.479. The number of hydrogen-bond donors (Lipinski definition) is 4.